The summed E-state index contributed by atoms with van der Waals surface area (Å²) in [7, 11) is 1.59. The molecule has 1 aromatic carbocycles. The van der Waals surface area contributed by atoms with Gasteiger partial charge in [0.15, 0.2) is 17.6 Å². The van der Waals surface area contributed by atoms with Gasteiger partial charge in [-0.05, 0) is 37.6 Å². The van der Waals surface area contributed by atoms with E-state index in [-0.39, 0.29) is 5.91 Å². The largest absolute Gasteiger partial charge is 0.493 e. The molecule has 2 N–H and O–H groups in total. The minimum Gasteiger partial charge on any atom is -0.493 e. The summed E-state index contributed by atoms with van der Waals surface area (Å²) in [6.07, 6.45) is 0.347. The van der Waals surface area contributed by atoms with E-state index in [4.69, 9.17) is 9.47 Å². The van der Waals surface area contributed by atoms with Crippen LogP contribution in [0.3, 0.4) is 0 Å². The molecule has 0 aromatic heterocycles. The van der Waals surface area contributed by atoms with Crippen molar-refractivity contribution < 1.29 is 14.3 Å². The Morgan fingerprint density at radius 1 is 1.29 bits per heavy atom. The molecule has 21 heavy (non-hydrogen) atoms. The highest BCUT2D eigenvalue weighted by Crippen LogP contribution is 2.29. The van der Waals surface area contributed by atoms with Gasteiger partial charge in [0.25, 0.3) is 5.91 Å². The second-order valence-corrected chi connectivity index (χ2v) is 4.82. The maximum Gasteiger partial charge on any atom is 0.260 e. The van der Waals surface area contributed by atoms with Crippen molar-refractivity contribution >= 4 is 5.91 Å². The number of carbonyl (C=O) groups excluding carboxylic acids is 1. The van der Waals surface area contributed by atoms with Crippen molar-refractivity contribution in [2.75, 3.05) is 20.2 Å². The smallest absolute Gasteiger partial charge is 0.260 e. The molecule has 0 saturated heterocycles. The van der Waals surface area contributed by atoms with Crippen LogP contribution in [0.1, 0.15) is 32.8 Å². The van der Waals surface area contributed by atoms with Crippen LogP contribution >= 0.6 is 0 Å². The first-order valence-electron chi connectivity index (χ1n) is 7.44. The van der Waals surface area contributed by atoms with Crippen LogP contribution in [0.5, 0.6) is 11.5 Å². The van der Waals surface area contributed by atoms with E-state index in [0.717, 1.165) is 25.1 Å². The molecular formula is C16H26N2O3. The summed E-state index contributed by atoms with van der Waals surface area (Å²) in [5.74, 6) is 1.11. The number of ether oxygens (including phenoxy) is 2. The Hall–Kier alpha value is -1.75. The molecule has 1 amide bonds. The molecule has 0 saturated carbocycles. The standard InChI is InChI=1S/C16H26N2O3/c1-5-9-18-16(19)12(3)21-15-10-13(11-17-6-2)7-8-14(15)20-4/h7-8,10,12,17H,5-6,9,11H2,1-4H3,(H,18,19). The van der Waals surface area contributed by atoms with Crippen molar-refractivity contribution in [2.45, 2.75) is 39.8 Å². The summed E-state index contributed by atoms with van der Waals surface area (Å²) in [5.41, 5.74) is 1.09. The molecule has 0 aliphatic rings. The normalized spacial score (nSPS) is 11.8. The molecule has 5 nitrogen and oxygen atoms in total. The van der Waals surface area contributed by atoms with Crippen LogP contribution in [0.15, 0.2) is 18.2 Å². The zero-order chi connectivity index (χ0) is 15.7. The first-order chi connectivity index (χ1) is 10.1. The molecule has 118 valence electrons. The van der Waals surface area contributed by atoms with E-state index in [0.29, 0.717) is 18.0 Å². The molecule has 1 unspecified atom stereocenters. The van der Waals surface area contributed by atoms with Gasteiger partial charge in [0, 0.05) is 13.1 Å². The molecule has 1 aromatic rings. The summed E-state index contributed by atoms with van der Waals surface area (Å²) in [6.45, 7) is 8.12. The lowest BCUT2D eigenvalue weighted by atomic mass is 10.2. The Balaban J connectivity index is 2.76. The van der Waals surface area contributed by atoms with E-state index >= 15 is 0 Å². The third kappa shape index (κ3) is 5.63. The molecule has 0 aliphatic heterocycles. The van der Waals surface area contributed by atoms with E-state index in [9.17, 15) is 4.79 Å². The minimum atomic E-state index is -0.556. The maximum absolute atomic E-state index is 11.9. The average molecular weight is 294 g/mol. The summed E-state index contributed by atoms with van der Waals surface area (Å²) in [5, 5.41) is 6.08. The van der Waals surface area contributed by atoms with Crippen LogP contribution in [0.2, 0.25) is 0 Å². The number of methoxy groups -OCH3 is 1. The highest BCUT2D eigenvalue weighted by molar-refractivity contribution is 5.80. The fourth-order valence-electron chi connectivity index (χ4n) is 1.83. The first-order valence-corrected chi connectivity index (χ1v) is 7.44. The van der Waals surface area contributed by atoms with Crippen LogP contribution in [0, 0.1) is 0 Å². The third-order valence-electron chi connectivity index (χ3n) is 3.03. The van der Waals surface area contributed by atoms with Crippen molar-refractivity contribution in [3.63, 3.8) is 0 Å². The SMILES string of the molecule is CCCNC(=O)C(C)Oc1cc(CNCC)ccc1OC. The number of nitrogens with one attached hydrogen (secondary N) is 2. The molecular weight excluding hydrogens is 268 g/mol. The fraction of sp³-hybridized carbons (Fsp3) is 0.562. The first kappa shape index (κ1) is 17.3. The van der Waals surface area contributed by atoms with Gasteiger partial charge >= 0.3 is 0 Å². The summed E-state index contributed by atoms with van der Waals surface area (Å²) in [4.78, 5) is 11.9. The molecule has 0 spiro atoms. The molecule has 0 radical (unpaired) electrons. The van der Waals surface area contributed by atoms with Gasteiger partial charge in [-0.15, -0.1) is 0 Å². The van der Waals surface area contributed by atoms with Gasteiger partial charge in [0.1, 0.15) is 0 Å². The lowest BCUT2D eigenvalue weighted by molar-refractivity contribution is -0.127. The predicted octanol–water partition coefficient (Wildman–Crippen LogP) is 2.10. The Labute approximate surface area is 127 Å². The number of hydrogen-bond donors (Lipinski definition) is 2. The number of carbonyl (C=O) groups is 1. The van der Waals surface area contributed by atoms with E-state index in [2.05, 4.69) is 17.6 Å². The lowest BCUT2D eigenvalue weighted by Gasteiger charge is -2.17. The quantitative estimate of drug-likeness (QED) is 0.732. The molecule has 1 rings (SSSR count). The average Bonchev–Trinajstić information content (AvgIpc) is 2.50. The van der Waals surface area contributed by atoms with Gasteiger partial charge < -0.3 is 20.1 Å². The Kier molecular flexibility index (Phi) is 7.61. The van der Waals surface area contributed by atoms with Gasteiger partial charge in [-0.3, -0.25) is 4.79 Å². The number of hydrogen-bond acceptors (Lipinski definition) is 4. The monoisotopic (exact) mass is 294 g/mol. The zero-order valence-electron chi connectivity index (χ0n) is 13.4. The van der Waals surface area contributed by atoms with Gasteiger partial charge in [-0.1, -0.05) is 19.9 Å². The van der Waals surface area contributed by atoms with Crippen molar-refractivity contribution in [2.24, 2.45) is 0 Å². The van der Waals surface area contributed by atoms with Gasteiger partial charge in [0.2, 0.25) is 0 Å². The Morgan fingerprint density at radius 2 is 2.05 bits per heavy atom. The van der Waals surface area contributed by atoms with E-state index in [1.807, 2.05) is 25.1 Å². The van der Waals surface area contributed by atoms with Gasteiger partial charge in [0.05, 0.1) is 7.11 Å². The lowest BCUT2D eigenvalue weighted by Crippen LogP contribution is -2.36. The van der Waals surface area contributed by atoms with Gasteiger partial charge in [-0.25, -0.2) is 0 Å². The second kappa shape index (κ2) is 9.23. The third-order valence-corrected chi connectivity index (χ3v) is 3.03. The highest BCUT2D eigenvalue weighted by Gasteiger charge is 2.16. The summed E-state index contributed by atoms with van der Waals surface area (Å²) >= 11 is 0. The molecule has 0 bridgehead atoms. The van der Waals surface area contributed by atoms with Crippen LogP contribution in [0.4, 0.5) is 0 Å². The van der Waals surface area contributed by atoms with Gasteiger partial charge in [-0.2, -0.15) is 0 Å². The second-order valence-electron chi connectivity index (χ2n) is 4.82. The zero-order valence-corrected chi connectivity index (χ0v) is 13.4. The van der Waals surface area contributed by atoms with Crippen molar-refractivity contribution in [1.29, 1.82) is 0 Å². The molecule has 0 fully saturated rings. The van der Waals surface area contributed by atoms with Crippen molar-refractivity contribution in [3.8, 4) is 11.5 Å². The summed E-state index contributed by atoms with van der Waals surface area (Å²) < 4.78 is 11.0. The molecule has 0 aliphatic carbocycles. The minimum absolute atomic E-state index is 0.115. The fourth-order valence-corrected chi connectivity index (χ4v) is 1.83. The number of benzene rings is 1. The Morgan fingerprint density at radius 3 is 2.67 bits per heavy atom. The Bertz CT molecular complexity index is 449. The van der Waals surface area contributed by atoms with Crippen molar-refractivity contribution in [1.82, 2.24) is 10.6 Å². The summed E-state index contributed by atoms with van der Waals surface area (Å²) in [6, 6.07) is 5.75. The van der Waals surface area contributed by atoms with Crippen LogP contribution < -0.4 is 20.1 Å². The number of amides is 1. The van der Waals surface area contributed by atoms with Crippen LogP contribution in [-0.4, -0.2) is 32.2 Å². The van der Waals surface area contributed by atoms with E-state index < -0.39 is 6.10 Å². The molecule has 0 heterocycles. The van der Waals surface area contributed by atoms with E-state index in [1.165, 1.54) is 0 Å². The van der Waals surface area contributed by atoms with Crippen LogP contribution in [0.25, 0.3) is 0 Å². The van der Waals surface area contributed by atoms with Crippen LogP contribution in [-0.2, 0) is 11.3 Å². The van der Waals surface area contributed by atoms with Crippen molar-refractivity contribution in [3.05, 3.63) is 23.8 Å². The maximum atomic E-state index is 11.9. The highest BCUT2D eigenvalue weighted by atomic mass is 16.5. The predicted molar refractivity (Wildman–Crippen MR) is 83.8 cm³/mol. The molecule has 1 atom stereocenters. The number of rotatable bonds is 9. The molecule has 5 heteroatoms. The topological polar surface area (TPSA) is 59.6 Å². The van der Waals surface area contributed by atoms with E-state index in [1.54, 1.807) is 14.0 Å².